The van der Waals surface area contributed by atoms with Crippen LogP contribution in [0.4, 0.5) is 0 Å². The Kier molecular flexibility index (Phi) is 3.12. The first-order valence-corrected chi connectivity index (χ1v) is 4.58. The summed E-state index contributed by atoms with van der Waals surface area (Å²) in [6.45, 7) is 5.81. The van der Waals surface area contributed by atoms with Gasteiger partial charge in [0.15, 0.2) is 0 Å². The van der Waals surface area contributed by atoms with Crippen molar-refractivity contribution in [2.45, 2.75) is 26.9 Å². The molecule has 1 aromatic carbocycles. The minimum Gasteiger partial charge on any atom is -0.491 e. The van der Waals surface area contributed by atoms with Crippen LogP contribution in [0.1, 0.15) is 29.8 Å². The monoisotopic (exact) mass is 193 g/mol. The fraction of sp³-hybridized carbons (Fsp3) is 0.364. The molecule has 0 saturated heterocycles. The Morgan fingerprint density at radius 2 is 2.07 bits per heavy atom. The molecule has 0 saturated carbocycles. The first-order chi connectivity index (χ1) is 6.50. The van der Waals surface area contributed by atoms with Gasteiger partial charge >= 0.3 is 0 Å². The summed E-state index contributed by atoms with van der Waals surface area (Å²) in [4.78, 5) is 10.9. The number of carbonyl (C=O) groups excluding carboxylic acids is 1. The van der Waals surface area contributed by atoms with Gasteiger partial charge in [0.1, 0.15) is 5.75 Å². The third-order valence-electron chi connectivity index (χ3n) is 1.84. The van der Waals surface area contributed by atoms with E-state index in [1.165, 1.54) is 0 Å². The second kappa shape index (κ2) is 4.13. The number of hydrogen-bond acceptors (Lipinski definition) is 2. The average molecular weight is 193 g/mol. The van der Waals surface area contributed by atoms with Crippen LogP contribution < -0.4 is 10.5 Å². The molecule has 0 aliphatic carbocycles. The van der Waals surface area contributed by atoms with E-state index in [4.69, 9.17) is 10.5 Å². The van der Waals surface area contributed by atoms with E-state index < -0.39 is 5.91 Å². The maximum absolute atomic E-state index is 10.9. The molecule has 1 aromatic rings. The van der Waals surface area contributed by atoms with Crippen LogP contribution in [0.2, 0.25) is 0 Å². The lowest BCUT2D eigenvalue weighted by Gasteiger charge is -2.12. The Balaban J connectivity index is 3.02. The van der Waals surface area contributed by atoms with Gasteiger partial charge in [-0.2, -0.15) is 0 Å². The molecular formula is C11H15NO2. The average Bonchev–Trinajstić information content (AvgIpc) is 2.07. The Bertz CT molecular complexity index is 345. The van der Waals surface area contributed by atoms with Crippen LogP contribution in [0.15, 0.2) is 18.2 Å². The fourth-order valence-electron chi connectivity index (χ4n) is 1.13. The largest absolute Gasteiger partial charge is 0.491 e. The zero-order chi connectivity index (χ0) is 10.7. The molecule has 0 radical (unpaired) electrons. The van der Waals surface area contributed by atoms with Gasteiger partial charge in [-0.25, -0.2) is 0 Å². The highest BCUT2D eigenvalue weighted by molar-refractivity contribution is 5.93. The number of benzene rings is 1. The fourth-order valence-corrected chi connectivity index (χ4v) is 1.13. The van der Waals surface area contributed by atoms with Crippen LogP contribution in [0.5, 0.6) is 5.75 Å². The first-order valence-electron chi connectivity index (χ1n) is 4.58. The zero-order valence-electron chi connectivity index (χ0n) is 8.70. The normalized spacial score (nSPS) is 10.3. The molecule has 0 aromatic heterocycles. The van der Waals surface area contributed by atoms with Gasteiger partial charge in [0.05, 0.1) is 6.10 Å². The minimum atomic E-state index is -0.432. The molecule has 14 heavy (non-hydrogen) atoms. The van der Waals surface area contributed by atoms with Crippen LogP contribution in [0, 0.1) is 6.92 Å². The van der Waals surface area contributed by atoms with E-state index in [-0.39, 0.29) is 6.10 Å². The SMILES string of the molecule is Cc1ccc(C(N)=O)cc1OC(C)C. The highest BCUT2D eigenvalue weighted by atomic mass is 16.5. The molecule has 0 aliphatic rings. The molecule has 1 rings (SSSR count). The van der Waals surface area contributed by atoms with E-state index in [1.807, 2.05) is 26.8 Å². The molecule has 0 bridgehead atoms. The lowest BCUT2D eigenvalue weighted by atomic mass is 10.1. The van der Waals surface area contributed by atoms with E-state index >= 15 is 0 Å². The number of primary amides is 1. The highest BCUT2D eigenvalue weighted by Gasteiger charge is 2.06. The molecule has 0 fully saturated rings. The number of carbonyl (C=O) groups is 1. The quantitative estimate of drug-likeness (QED) is 0.796. The van der Waals surface area contributed by atoms with Crippen molar-refractivity contribution in [3.05, 3.63) is 29.3 Å². The van der Waals surface area contributed by atoms with Crippen molar-refractivity contribution in [1.82, 2.24) is 0 Å². The van der Waals surface area contributed by atoms with Crippen molar-refractivity contribution in [2.75, 3.05) is 0 Å². The van der Waals surface area contributed by atoms with Gasteiger partial charge in [0.2, 0.25) is 5.91 Å². The summed E-state index contributed by atoms with van der Waals surface area (Å²) in [5.74, 6) is 0.287. The van der Waals surface area contributed by atoms with Gasteiger partial charge in [-0.15, -0.1) is 0 Å². The lowest BCUT2D eigenvalue weighted by Crippen LogP contribution is -2.12. The molecule has 2 N–H and O–H groups in total. The molecule has 0 aliphatic heterocycles. The Morgan fingerprint density at radius 3 is 2.57 bits per heavy atom. The van der Waals surface area contributed by atoms with Gasteiger partial charge < -0.3 is 10.5 Å². The number of hydrogen-bond donors (Lipinski definition) is 1. The van der Waals surface area contributed by atoms with Gasteiger partial charge in [-0.1, -0.05) is 6.07 Å². The number of nitrogens with two attached hydrogens (primary N) is 1. The zero-order valence-corrected chi connectivity index (χ0v) is 8.70. The first kappa shape index (κ1) is 10.6. The third kappa shape index (κ3) is 2.49. The van der Waals surface area contributed by atoms with Crippen LogP contribution in [0.3, 0.4) is 0 Å². The van der Waals surface area contributed by atoms with Crippen molar-refractivity contribution < 1.29 is 9.53 Å². The van der Waals surface area contributed by atoms with Crippen LogP contribution in [-0.2, 0) is 0 Å². The number of aryl methyl sites for hydroxylation is 1. The predicted molar refractivity (Wildman–Crippen MR) is 55.5 cm³/mol. The van der Waals surface area contributed by atoms with Gasteiger partial charge in [0, 0.05) is 5.56 Å². The minimum absolute atomic E-state index is 0.0943. The molecule has 3 heteroatoms. The van der Waals surface area contributed by atoms with E-state index in [0.29, 0.717) is 5.56 Å². The van der Waals surface area contributed by atoms with Crippen molar-refractivity contribution in [3.63, 3.8) is 0 Å². The predicted octanol–water partition coefficient (Wildman–Crippen LogP) is 1.88. The molecular weight excluding hydrogens is 178 g/mol. The van der Waals surface area contributed by atoms with E-state index in [1.54, 1.807) is 12.1 Å². The van der Waals surface area contributed by atoms with Crippen molar-refractivity contribution >= 4 is 5.91 Å². The maximum Gasteiger partial charge on any atom is 0.248 e. The molecule has 0 heterocycles. The smallest absolute Gasteiger partial charge is 0.248 e. The Morgan fingerprint density at radius 1 is 1.43 bits per heavy atom. The second-order valence-electron chi connectivity index (χ2n) is 3.51. The topological polar surface area (TPSA) is 52.3 Å². The summed E-state index contributed by atoms with van der Waals surface area (Å²) < 4.78 is 5.53. The van der Waals surface area contributed by atoms with Crippen LogP contribution in [0.25, 0.3) is 0 Å². The number of ether oxygens (including phenoxy) is 1. The summed E-state index contributed by atoms with van der Waals surface area (Å²) in [6, 6.07) is 5.21. The Labute approximate surface area is 83.9 Å². The van der Waals surface area contributed by atoms with Crippen molar-refractivity contribution in [1.29, 1.82) is 0 Å². The molecule has 3 nitrogen and oxygen atoms in total. The van der Waals surface area contributed by atoms with Crippen molar-refractivity contribution in [3.8, 4) is 5.75 Å². The van der Waals surface area contributed by atoms with E-state index in [9.17, 15) is 4.79 Å². The summed E-state index contributed by atoms with van der Waals surface area (Å²) in [5.41, 5.74) is 6.65. The summed E-state index contributed by atoms with van der Waals surface area (Å²) in [7, 11) is 0. The summed E-state index contributed by atoms with van der Waals surface area (Å²) >= 11 is 0. The summed E-state index contributed by atoms with van der Waals surface area (Å²) in [5, 5.41) is 0. The van der Waals surface area contributed by atoms with Crippen molar-refractivity contribution in [2.24, 2.45) is 5.73 Å². The highest BCUT2D eigenvalue weighted by Crippen LogP contribution is 2.20. The molecule has 0 atom stereocenters. The molecule has 76 valence electrons. The summed E-state index contributed by atoms with van der Waals surface area (Å²) in [6.07, 6.45) is 0.0943. The van der Waals surface area contributed by atoms with Gasteiger partial charge in [-0.3, -0.25) is 4.79 Å². The second-order valence-corrected chi connectivity index (χ2v) is 3.51. The number of rotatable bonds is 3. The molecule has 0 spiro atoms. The van der Waals surface area contributed by atoms with Crippen LogP contribution >= 0.6 is 0 Å². The maximum atomic E-state index is 10.9. The third-order valence-corrected chi connectivity index (χ3v) is 1.84. The van der Waals surface area contributed by atoms with E-state index in [2.05, 4.69) is 0 Å². The Hall–Kier alpha value is -1.51. The number of amides is 1. The standard InChI is InChI=1S/C11H15NO2/c1-7(2)14-10-6-9(11(12)13)5-4-8(10)3/h4-7H,1-3H3,(H2,12,13). The van der Waals surface area contributed by atoms with Gasteiger partial charge in [0.25, 0.3) is 0 Å². The molecule has 0 unspecified atom stereocenters. The van der Waals surface area contributed by atoms with E-state index in [0.717, 1.165) is 11.3 Å². The van der Waals surface area contributed by atoms with Crippen LogP contribution in [-0.4, -0.2) is 12.0 Å². The molecule has 1 amide bonds. The van der Waals surface area contributed by atoms with Gasteiger partial charge in [-0.05, 0) is 38.5 Å². The lowest BCUT2D eigenvalue weighted by molar-refractivity contribution is 0.0999.